The third-order valence-electron chi connectivity index (χ3n) is 4.01. The molecule has 0 bridgehead atoms. The molecule has 0 aliphatic carbocycles. The van der Waals surface area contributed by atoms with E-state index in [0.717, 1.165) is 30.6 Å². The van der Waals surface area contributed by atoms with E-state index in [9.17, 15) is 14.7 Å². The van der Waals surface area contributed by atoms with Gasteiger partial charge in [-0.3, -0.25) is 9.59 Å². The molecule has 0 amide bonds. The lowest BCUT2D eigenvalue weighted by Crippen LogP contribution is -2.02. The number of hydrogen-bond acceptors (Lipinski definition) is 4. The van der Waals surface area contributed by atoms with Crippen LogP contribution in [0.25, 0.3) is 0 Å². The van der Waals surface area contributed by atoms with Gasteiger partial charge in [0, 0.05) is 28.9 Å². The normalized spacial score (nSPS) is 10.6. The Labute approximate surface area is 153 Å². The molecule has 4 heteroatoms. The van der Waals surface area contributed by atoms with Crippen LogP contribution in [0.15, 0.2) is 53.4 Å². The zero-order valence-corrected chi connectivity index (χ0v) is 15.3. The third-order valence-corrected chi connectivity index (χ3v) is 5.11. The fourth-order valence-corrected chi connectivity index (χ4v) is 3.45. The molecule has 0 spiro atoms. The maximum atomic E-state index is 12.0. The first kappa shape index (κ1) is 19.3. The number of aromatic hydroxyl groups is 1. The molecule has 0 aliphatic rings. The Morgan fingerprint density at radius 2 is 1.68 bits per heavy atom. The quantitative estimate of drug-likeness (QED) is 0.367. The van der Waals surface area contributed by atoms with Gasteiger partial charge in [-0.15, -0.1) is 11.8 Å². The highest BCUT2D eigenvalue weighted by Gasteiger charge is 2.07. The number of thioether (sulfide) groups is 1. The molecule has 2 aromatic carbocycles. The highest BCUT2D eigenvalue weighted by Crippen LogP contribution is 2.21. The number of ketones is 2. The molecule has 132 valence electrons. The van der Waals surface area contributed by atoms with Crippen molar-refractivity contribution in [3.05, 3.63) is 59.7 Å². The van der Waals surface area contributed by atoms with Crippen LogP contribution >= 0.6 is 11.8 Å². The minimum Gasteiger partial charge on any atom is -0.508 e. The molecule has 0 radical (unpaired) electrons. The summed E-state index contributed by atoms with van der Waals surface area (Å²) in [5.41, 5.74) is 1.45. The molecule has 0 aliphatic heterocycles. The van der Waals surface area contributed by atoms with E-state index in [1.54, 1.807) is 36.9 Å². The Morgan fingerprint density at radius 3 is 2.36 bits per heavy atom. The van der Waals surface area contributed by atoms with Crippen LogP contribution < -0.4 is 0 Å². The van der Waals surface area contributed by atoms with E-state index >= 15 is 0 Å². The molecule has 0 heterocycles. The summed E-state index contributed by atoms with van der Waals surface area (Å²) in [4.78, 5) is 24.4. The molecular weight excluding hydrogens is 332 g/mol. The first-order valence-electron chi connectivity index (χ1n) is 8.58. The molecule has 3 nitrogen and oxygen atoms in total. The van der Waals surface area contributed by atoms with Crippen molar-refractivity contribution in [2.45, 2.75) is 43.9 Å². The molecular formula is C21H24O3S. The lowest BCUT2D eigenvalue weighted by atomic mass is 10.0. The van der Waals surface area contributed by atoms with Gasteiger partial charge in [0.15, 0.2) is 5.78 Å². The molecule has 0 atom stereocenters. The molecule has 1 N–H and O–H groups in total. The smallest absolute Gasteiger partial charge is 0.159 e. The minimum absolute atomic E-state index is 0.0880. The number of benzene rings is 2. The Balaban J connectivity index is 1.59. The summed E-state index contributed by atoms with van der Waals surface area (Å²) in [6, 6.07) is 14.7. The van der Waals surface area contributed by atoms with Gasteiger partial charge in [0.05, 0.1) is 0 Å². The van der Waals surface area contributed by atoms with Gasteiger partial charge in [-0.05, 0) is 43.7 Å². The average Bonchev–Trinajstić information content (AvgIpc) is 2.60. The van der Waals surface area contributed by atoms with E-state index in [1.165, 1.54) is 4.90 Å². The number of para-hydroxylation sites is 1. The Kier molecular flexibility index (Phi) is 7.74. The van der Waals surface area contributed by atoms with Gasteiger partial charge in [-0.25, -0.2) is 0 Å². The van der Waals surface area contributed by atoms with E-state index in [1.807, 2.05) is 30.3 Å². The highest BCUT2D eigenvalue weighted by molar-refractivity contribution is 7.99. The topological polar surface area (TPSA) is 54.4 Å². The fraction of sp³-hybridized carbons (Fsp3) is 0.333. The van der Waals surface area contributed by atoms with Crippen LogP contribution in [0.5, 0.6) is 5.75 Å². The number of rotatable bonds is 10. The molecule has 2 rings (SSSR count). The van der Waals surface area contributed by atoms with Crippen molar-refractivity contribution in [3.63, 3.8) is 0 Å². The van der Waals surface area contributed by atoms with Gasteiger partial charge in [-0.1, -0.05) is 36.8 Å². The Morgan fingerprint density at radius 1 is 0.960 bits per heavy atom. The number of phenolic OH excluding ortho intramolecular Hbond substituents is 1. The van der Waals surface area contributed by atoms with Crippen LogP contribution in [-0.4, -0.2) is 22.4 Å². The summed E-state index contributed by atoms with van der Waals surface area (Å²) < 4.78 is 0. The molecule has 0 saturated carbocycles. The van der Waals surface area contributed by atoms with E-state index in [-0.39, 0.29) is 17.3 Å². The molecule has 0 aromatic heterocycles. The van der Waals surface area contributed by atoms with E-state index in [0.29, 0.717) is 18.4 Å². The highest BCUT2D eigenvalue weighted by atomic mass is 32.2. The van der Waals surface area contributed by atoms with Crippen LogP contribution in [-0.2, 0) is 11.2 Å². The van der Waals surface area contributed by atoms with Gasteiger partial charge in [-0.2, -0.15) is 0 Å². The van der Waals surface area contributed by atoms with E-state index in [4.69, 9.17) is 0 Å². The van der Waals surface area contributed by atoms with Crippen LogP contribution in [0.1, 0.15) is 48.5 Å². The second-order valence-corrected chi connectivity index (χ2v) is 7.25. The predicted molar refractivity (Wildman–Crippen MR) is 102 cm³/mol. The van der Waals surface area contributed by atoms with Crippen molar-refractivity contribution in [2.24, 2.45) is 0 Å². The maximum absolute atomic E-state index is 12.0. The molecule has 2 aromatic rings. The summed E-state index contributed by atoms with van der Waals surface area (Å²) in [6.07, 6.45) is 3.83. The minimum atomic E-state index is 0.0880. The van der Waals surface area contributed by atoms with Gasteiger partial charge in [0.2, 0.25) is 0 Å². The number of Topliss-reactive ketones (excluding diaryl/α,β-unsaturated/α-hetero) is 2. The summed E-state index contributed by atoms with van der Waals surface area (Å²) in [5, 5.41) is 9.68. The molecule has 0 unspecified atom stereocenters. The number of carbonyl (C=O) groups excluding carboxylic acids is 2. The van der Waals surface area contributed by atoms with Gasteiger partial charge in [0.1, 0.15) is 11.5 Å². The molecule has 0 saturated heterocycles. The summed E-state index contributed by atoms with van der Waals surface area (Å²) in [5.74, 6) is 1.47. The summed E-state index contributed by atoms with van der Waals surface area (Å²) in [7, 11) is 0. The second kappa shape index (κ2) is 10.0. The van der Waals surface area contributed by atoms with E-state index in [2.05, 4.69) is 0 Å². The lowest BCUT2D eigenvalue weighted by Gasteiger charge is -2.05. The van der Waals surface area contributed by atoms with Gasteiger partial charge >= 0.3 is 0 Å². The second-order valence-electron chi connectivity index (χ2n) is 6.08. The van der Waals surface area contributed by atoms with Crippen molar-refractivity contribution in [1.82, 2.24) is 0 Å². The average molecular weight is 356 g/mol. The lowest BCUT2D eigenvalue weighted by molar-refractivity contribution is -0.118. The van der Waals surface area contributed by atoms with Crippen LogP contribution in [0.2, 0.25) is 0 Å². The van der Waals surface area contributed by atoms with Crippen molar-refractivity contribution in [2.75, 3.05) is 5.75 Å². The largest absolute Gasteiger partial charge is 0.508 e. The first-order valence-corrected chi connectivity index (χ1v) is 9.57. The predicted octanol–water partition coefficient (Wildman–Crippen LogP) is 5.06. The zero-order valence-electron chi connectivity index (χ0n) is 14.5. The van der Waals surface area contributed by atoms with Crippen LogP contribution in [0.3, 0.4) is 0 Å². The Bertz CT molecular complexity index is 707. The number of phenols is 1. The Hall–Kier alpha value is -2.07. The number of carbonyl (C=O) groups is 2. The maximum Gasteiger partial charge on any atom is 0.159 e. The van der Waals surface area contributed by atoms with Crippen molar-refractivity contribution in [1.29, 1.82) is 0 Å². The molecule has 0 fully saturated rings. The molecule has 25 heavy (non-hydrogen) atoms. The van der Waals surface area contributed by atoms with Gasteiger partial charge in [0.25, 0.3) is 0 Å². The zero-order chi connectivity index (χ0) is 18.1. The summed E-state index contributed by atoms with van der Waals surface area (Å²) in [6.45, 7) is 1.57. The summed E-state index contributed by atoms with van der Waals surface area (Å²) >= 11 is 1.77. The fourth-order valence-electron chi connectivity index (χ4n) is 2.54. The number of hydrogen-bond donors (Lipinski definition) is 1. The van der Waals surface area contributed by atoms with E-state index < -0.39 is 0 Å². The third kappa shape index (κ3) is 6.75. The standard InChI is InChI=1S/C21H24O3S/c1-16(22)17-10-12-20(13-11-17)25-14-6-2-3-8-19(23)15-18-7-4-5-9-21(18)24/h4-5,7,9-13,24H,2-3,6,8,14-15H2,1H3. The van der Waals surface area contributed by atoms with Crippen molar-refractivity contribution in [3.8, 4) is 5.75 Å². The van der Waals surface area contributed by atoms with Crippen LogP contribution in [0, 0.1) is 0 Å². The van der Waals surface area contributed by atoms with Crippen LogP contribution in [0.4, 0.5) is 0 Å². The van der Waals surface area contributed by atoms with Gasteiger partial charge < -0.3 is 5.11 Å². The SMILES string of the molecule is CC(=O)c1ccc(SCCCCCC(=O)Cc2ccccc2O)cc1. The van der Waals surface area contributed by atoms with Crippen molar-refractivity contribution < 1.29 is 14.7 Å². The van der Waals surface area contributed by atoms with Crippen molar-refractivity contribution >= 4 is 23.3 Å². The number of unbranched alkanes of at least 4 members (excludes halogenated alkanes) is 2. The monoisotopic (exact) mass is 356 g/mol. The first-order chi connectivity index (χ1) is 12.1.